The van der Waals surface area contributed by atoms with E-state index >= 15 is 0 Å². The molecule has 19 unspecified atom stereocenters. The van der Waals surface area contributed by atoms with Gasteiger partial charge in [0.2, 0.25) is 0 Å². The third-order valence-electron chi connectivity index (χ3n) is 17.2. The van der Waals surface area contributed by atoms with Crippen molar-refractivity contribution in [2.24, 2.45) is 81.3 Å². The van der Waals surface area contributed by atoms with Gasteiger partial charge in [0.1, 0.15) is 0 Å². The monoisotopic (exact) mass is 785 g/mol. The molecule has 0 aromatic heterocycles. The molecule has 9 fully saturated rings. The molecule has 0 spiro atoms. The van der Waals surface area contributed by atoms with Crippen LogP contribution in [0.1, 0.15) is 146 Å². The van der Waals surface area contributed by atoms with Crippen LogP contribution in [0.15, 0.2) is 0 Å². The molecule has 0 aromatic carbocycles. The zero-order chi connectivity index (χ0) is 36.3. The Kier molecular flexibility index (Phi) is 11.2. The topological polar surface area (TPSA) is 96.2 Å². The molecule has 9 aliphatic rings. The number of rotatable bonds is 0. The summed E-state index contributed by atoms with van der Waals surface area (Å²) in [6, 6.07) is 0. The molecule has 4 aliphatic carbocycles. The van der Waals surface area contributed by atoms with Gasteiger partial charge in [0.05, 0.1) is 49.3 Å². The fourth-order valence-electron chi connectivity index (χ4n) is 15.2. The molecule has 0 aromatic rings. The molecule has 53 heavy (non-hydrogen) atoms. The molecule has 19 atom stereocenters. The number of hydrogen-bond acceptors (Lipinski definition) is 8. The van der Waals surface area contributed by atoms with Gasteiger partial charge in [-0.15, -0.1) is 0 Å². The van der Waals surface area contributed by atoms with Crippen LogP contribution in [0.4, 0.5) is 0 Å². The molecule has 5 heterocycles. The average molecular weight is 787 g/mol. The predicted octanol–water partition coefficient (Wildman–Crippen LogP) is 6.42. The SMILES string of the molecule is CC(C)(C)C1CC2C3NC4NC(NC5NC(NC6NC(NC(N3)C2C(C(C)(C)C)C1C(C)(C)C)C1CCCCC61)C1CCCCC51)C1CCCCC41.[Zn]. The van der Waals surface area contributed by atoms with Crippen molar-refractivity contribution in [1.82, 2.24) is 42.5 Å². The van der Waals surface area contributed by atoms with Crippen molar-refractivity contribution in [2.75, 3.05) is 0 Å². The van der Waals surface area contributed by atoms with Crippen LogP contribution < -0.4 is 42.5 Å². The van der Waals surface area contributed by atoms with E-state index in [0.717, 1.165) is 5.92 Å². The maximum atomic E-state index is 4.49. The number of fused-ring (bicyclic) bond motifs is 20. The van der Waals surface area contributed by atoms with Gasteiger partial charge in [0.15, 0.2) is 0 Å². The van der Waals surface area contributed by atoms with E-state index in [1.807, 2.05) is 0 Å². The van der Waals surface area contributed by atoms with E-state index in [1.165, 1.54) is 83.5 Å². The van der Waals surface area contributed by atoms with Gasteiger partial charge in [-0.1, -0.05) is 101 Å². The third-order valence-corrected chi connectivity index (χ3v) is 17.2. The Bertz CT molecular complexity index is 1280. The summed E-state index contributed by atoms with van der Waals surface area (Å²) in [7, 11) is 0. The van der Waals surface area contributed by atoms with Gasteiger partial charge in [0, 0.05) is 19.5 Å². The van der Waals surface area contributed by atoms with Gasteiger partial charge in [-0.3, -0.25) is 42.5 Å². The fraction of sp³-hybridized carbons (Fsp3) is 1.00. The van der Waals surface area contributed by atoms with Crippen LogP contribution in [-0.4, -0.2) is 49.3 Å². The van der Waals surface area contributed by atoms with Gasteiger partial charge in [-0.2, -0.15) is 0 Å². The van der Waals surface area contributed by atoms with E-state index < -0.39 is 0 Å². The first-order valence-electron chi connectivity index (χ1n) is 22.8. The van der Waals surface area contributed by atoms with E-state index in [4.69, 9.17) is 0 Å². The summed E-state index contributed by atoms with van der Waals surface area (Å²) < 4.78 is 0. The van der Waals surface area contributed by atoms with Crippen LogP contribution in [0.5, 0.6) is 0 Å². The van der Waals surface area contributed by atoms with Crippen LogP contribution in [0.3, 0.4) is 0 Å². The first-order chi connectivity index (χ1) is 24.7. The average Bonchev–Trinajstić information content (AvgIpc) is 3.82. The Morgan fingerprint density at radius 1 is 0.321 bits per heavy atom. The summed E-state index contributed by atoms with van der Waals surface area (Å²) in [6.07, 6.45) is 20.5. The van der Waals surface area contributed by atoms with Crippen molar-refractivity contribution in [3.05, 3.63) is 0 Å². The van der Waals surface area contributed by atoms with Crippen molar-refractivity contribution < 1.29 is 19.5 Å². The molecule has 5 aliphatic heterocycles. The van der Waals surface area contributed by atoms with Gasteiger partial charge in [0.25, 0.3) is 0 Å². The van der Waals surface area contributed by atoms with Gasteiger partial charge < -0.3 is 0 Å². The van der Waals surface area contributed by atoms with E-state index in [-0.39, 0.29) is 35.7 Å². The zero-order valence-electron chi connectivity index (χ0n) is 35.4. The van der Waals surface area contributed by atoms with Crippen molar-refractivity contribution in [1.29, 1.82) is 0 Å². The Hall–Kier alpha value is 0.303. The largest absolute Gasteiger partial charge is 0.286 e. The Balaban J connectivity index is 0.00000400. The Morgan fingerprint density at radius 2 is 0.585 bits per heavy atom. The Labute approximate surface area is 337 Å². The van der Waals surface area contributed by atoms with Crippen LogP contribution in [0.2, 0.25) is 0 Å². The van der Waals surface area contributed by atoms with E-state index in [1.54, 1.807) is 0 Å². The molecule has 8 nitrogen and oxygen atoms in total. The quantitative estimate of drug-likeness (QED) is 0.134. The second-order valence-corrected chi connectivity index (χ2v) is 23.2. The summed E-state index contributed by atoms with van der Waals surface area (Å²) in [5.41, 5.74) is 0.709. The summed E-state index contributed by atoms with van der Waals surface area (Å²) >= 11 is 0. The smallest absolute Gasteiger partial charge is 0.0631 e. The Morgan fingerprint density at radius 3 is 0.849 bits per heavy atom. The van der Waals surface area contributed by atoms with E-state index in [2.05, 4.69) is 105 Å². The van der Waals surface area contributed by atoms with Crippen LogP contribution in [0.25, 0.3) is 0 Å². The van der Waals surface area contributed by atoms with Crippen molar-refractivity contribution in [3.63, 3.8) is 0 Å². The molecule has 4 saturated carbocycles. The van der Waals surface area contributed by atoms with E-state index in [0.29, 0.717) is 109 Å². The molecule has 0 radical (unpaired) electrons. The van der Waals surface area contributed by atoms with Crippen molar-refractivity contribution in [3.8, 4) is 0 Å². The van der Waals surface area contributed by atoms with Crippen molar-refractivity contribution >= 4 is 0 Å². The zero-order valence-corrected chi connectivity index (χ0v) is 38.3. The van der Waals surface area contributed by atoms with E-state index in [9.17, 15) is 0 Å². The summed E-state index contributed by atoms with van der Waals surface area (Å²) in [6.45, 7) is 23.1. The molecule has 8 N–H and O–H groups in total. The second-order valence-electron chi connectivity index (χ2n) is 23.2. The molecule has 9 heteroatoms. The van der Waals surface area contributed by atoms with Gasteiger partial charge in [-0.25, -0.2) is 0 Å². The molecule has 298 valence electrons. The standard InChI is InChI=1S/C44H80N8.Zn/c1-42(2,3)30-22-29-31(33(44(7,8)9)32(30)43(4,5)6)41-51-39-28-21-15-14-20-27(28)37(49-39)47-35-24-17-11-10-16-23(24)34(45-35)46-36-25-18-12-13-19-26(25)38(48-36)50-40(29)52-41;/h23-41,45-52H,10-22H2,1-9H3;. The number of hydrogen-bond donors (Lipinski definition) is 8. The third kappa shape index (κ3) is 7.23. The predicted molar refractivity (Wildman–Crippen MR) is 212 cm³/mol. The molecular weight excluding hydrogens is 706 g/mol. The summed E-state index contributed by atoms with van der Waals surface area (Å²) in [5, 5.41) is 34.9. The molecule has 8 bridgehead atoms. The molecule has 5 saturated heterocycles. The van der Waals surface area contributed by atoms with Gasteiger partial charge in [-0.05, 0) is 126 Å². The minimum atomic E-state index is 0. The first kappa shape index (κ1) is 40.1. The normalized spacial score (nSPS) is 51.5. The summed E-state index contributed by atoms with van der Waals surface area (Å²) in [4.78, 5) is 0. The van der Waals surface area contributed by atoms with Gasteiger partial charge >= 0.3 is 0 Å². The molecule has 0 amide bonds. The first-order valence-corrected chi connectivity index (χ1v) is 22.8. The van der Waals surface area contributed by atoms with Crippen LogP contribution in [-0.2, 0) is 19.5 Å². The van der Waals surface area contributed by atoms with Crippen LogP contribution in [0, 0.1) is 81.3 Å². The minimum absolute atomic E-state index is 0. The number of nitrogens with one attached hydrogen (secondary N) is 8. The molecule has 9 rings (SSSR count). The second kappa shape index (κ2) is 14.8. The fourth-order valence-corrected chi connectivity index (χ4v) is 15.2. The summed E-state index contributed by atoms with van der Waals surface area (Å²) in [5.74, 6) is 7.32. The molecular formula is C44H80N8Zn. The van der Waals surface area contributed by atoms with Crippen molar-refractivity contribution in [2.45, 2.75) is 195 Å². The van der Waals surface area contributed by atoms with Crippen LogP contribution >= 0.6 is 0 Å². The maximum absolute atomic E-state index is 4.49. The minimum Gasteiger partial charge on any atom is -0.286 e. The maximum Gasteiger partial charge on any atom is 0.0631 e.